The molecule has 1 aliphatic heterocycles. The van der Waals surface area contributed by atoms with Gasteiger partial charge in [0.05, 0.1) is 11.7 Å². The van der Waals surface area contributed by atoms with Crippen LogP contribution in [0.2, 0.25) is 0 Å². The number of carbonyl (C=O) groups is 1. The van der Waals surface area contributed by atoms with Crippen molar-refractivity contribution in [3.05, 3.63) is 59.9 Å². The Hall–Kier alpha value is -2.86. The molecule has 2 aromatic heterocycles. The second kappa shape index (κ2) is 8.22. The highest BCUT2D eigenvalue weighted by molar-refractivity contribution is 5.94. The van der Waals surface area contributed by atoms with Crippen molar-refractivity contribution < 1.29 is 9.53 Å². The monoisotopic (exact) mass is 364 g/mol. The highest BCUT2D eigenvalue weighted by atomic mass is 16.5. The fourth-order valence-electron chi connectivity index (χ4n) is 3.41. The third-order valence-electron chi connectivity index (χ3n) is 4.92. The van der Waals surface area contributed by atoms with Crippen molar-refractivity contribution in [3.8, 4) is 0 Å². The predicted octanol–water partition coefficient (Wildman–Crippen LogP) is 3.13. The number of fused-ring (bicyclic) bond motifs is 1. The van der Waals surface area contributed by atoms with Gasteiger partial charge in [-0.05, 0) is 43.0 Å². The first-order valence-electron chi connectivity index (χ1n) is 9.44. The number of aromatic nitrogens is 2. The van der Waals surface area contributed by atoms with E-state index in [0.717, 1.165) is 43.7 Å². The van der Waals surface area contributed by atoms with E-state index in [4.69, 9.17) is 4.74 Å². The molecule has 1 saturated heterocycles. The van der Waals surface area contributed by atoms with Crippen LogP contribution in [0.3, 0.4) is 0 Å². The zero-order valence-corrected chi connectivity index (χ0v) is 15.2. The molecule has 27 heavy (non-hydrogen) atoms. The van der Waals surface area contributed by atoms with E-state index < -0.39 is 0 Å². The molecule has 140 valence electrons. The second-order valence-corrected chi connectivity index (χ2v) is 6.81. The van der Waals surface area contributed by atoms with Crippen LogP contribution < -0.4 is 10.6 Å². The van der Waals surface area contributed by atoms with Gasteiger partial charge in [-0.1, -0.05) is 18.2 Å². The van der Waals surface area contributed by atoms with Crippen molar-refractivity contribution in [2.45, 2.75) is 25.4 Å². The maximum atomic E-state index is 12.2. The van der Waals surface area contributed by atoms with E-state index in [2.05, 4.69) is 45.0 Å². The van der Waals surface area contributed by atoms with Crippen molar-refractivity contribution in [2.75, 3.05) is 25.0 Å². The number of hydrogen-bond donors (Lipinski definition) is 3. The topological polar surface area (TPSA) is 79.0 Å². The molecule has 1 atom stereocenters. The van der Waals surface area contributed by atoms with Crippen LogP contribution >= 0.6 is 0 Å². The molecule has 0 bridgehead atoms. The maximum absolute atomic E-state index is 12.2. The molecular weight excluding hydrogens is 340 g/mol. The minimum atomic E-state index is -0.108. The van der Waals surface area contributed by atoms with Gasteiger partial charge in [-0.3, -0.25) is 4.79 Å². The first-order valence-corrected chi connectivity index (χ1v) is 9.44. The number of nitrogens with zero attached hydrogens (tertiary/aromatic N) is 1. The molecule has 3 aromatic rings. The summed E-state index contributed by atoms with van der Waals surface area (Å²) in [5.74, 6) is 0.661. The van der Waals surface area contributed by atoms with Gasteiger partial charge in [-0.25, -0.2) is 4.98 Å². The summed E-state index contributed by atoms with van der Waals surface area (Å²) in [6.07, 6.45) is 6.79. The third-order valence-corrected chi connectivity index (χ3v) is 4.92. The summed E-state index contributed by atoms with van der Waals surface area (Å²) < 4.78 is 5.52. The Bertz CT molecular complexity index is 898. The molecule has 3 N–H and O–H groups in total. The van der Waals surface area contributed by atoms with Gasteiger partial charge in [0.25, 0.3) is 5.91 Å². The fraction of sp³-hybridized carbons (Fsp3) is 0.333. The van der Waals surface area contributed by atoms with Crippen molar-refractivity contribution in [1.82, 2.24) is 15.3 Å². The Labute approximate surface area is 158 Å². The Balaban J connectivity index is 1.26. The number of benzene rings is 1. The average molecular weight is 364 g/mol. The molecule has 1 amide bonds. The number of amides is 1. The molecule has 6 heteroatoms. The van der Waals surface area contributed by atoms with Crippen LogP contribution in [0.1, 0.15) is 28.8 Å². The highest BCUT2D eigenvalue weighted by Gasteiger charge is 2.16. The minimum absolute atomic E-state index is 0.108. The number of aromatic amines is 1. The lowest BCUT2D eigenvalue weighted by molar-refractivity contribution is 0.0857. The molecule has 0 spiro atoms. The van der Waals surface area contributed by atoms with Crippen LogP contribution in [-0.4, -0.2) is 41.7 Å². The van der Waals surface area contributed by atoms with E-state index in [9.17, 15) is 4.79 Å². The Morgan fingerprint density at radius 3 is 3.00 bits per heavy atom. The molecular formula is C21H24N4O2. The number of nitrogens with one attached hydrogen (secondary N) is 3. The highest BCUT2D eigenvalue weighted by Crippen LogP contribution is 2.18. The van der Waals surface area contributed by atoms with Gasteiger partial charge in [0.1, 0.15) is 5.82 Å². The van der Waals surface area contributed by atoms with Crippen LogP contribution in [0, 0.1) is 0 Å². The molecule has 6 nitrogen and oxygen atoms in total. The van der Waals surface area contributed by atoms with Gasteiger partial charge >= 0.3 is 0 Å². The average Bonchev–Trinajstić information content (AvgIpc) is 3.37. The van der Waals surface area contributed by atoms with Crippen LogP contribution in [-0.2, 0) is 11.2 Å². The summed E-state index contributed by atoms with van der Waals surface area (Å²) in [6.45, 7) is 2.13. The molecule has 1 unspecified atom stereocenters. The third kappa shape index (κ3) is 4.28. The number of para-hydroxylation sites is 1. The minimum Gasteiger partial charge on any atom is -0.376 e. The summed E-state index contributed by atoms with van der Waals surface area (Å²) in [4.78, 5) is 19.8. The van der Waals surface area contributed by atoms with E-state index in [1.807, 2.05) is 12.1 Å². The van der Waals surface area contributed by atoms with Crippen molar-refractivity contribution >= 4 is 22.6 Å². The second-order valence-electron chi connectivity index (χ2n) is 6.81. The van der Waals surface area contributed by atoms with Crippen molar-refractivity contribution in [3.63, 3.8) is 0 Å². The SMILES string of the molecule is O=C(NCC1CCCO1)c1ccc(NCCc2c[nH]c3ccccc23)nc1. The lowest BCUT2D eigenvalue weighted by Gasteiger charge is -2.11. The molecule has 1 fully saturated rings. The van der Waals surface area contributed by atoms with Crippen molar-refractivity contribution in [1.29, 1.82) is 0 Å². The van der Waals surface area contributed by atoms with Gasteiger partial charge in [0, 0.05) is 43.0 Å². The summed E-state index contributed by atoms with van der Waals surface area (Å²) in [7, 11) is 0. The number of pyridine rings is 1. The Morgan fingerprint density at radius 1 is 1.26 bits per heavy atom. The summed E-state index contributed by atoms with van der Waals surface area (Å²) in [5, 5.41) is 7.48. The van der Waals surface area contributed by atoms with E-state index in [1.54, 1.807) is 12.3 Å². The smallest absolute Gasteiger partial charge is 0.252 e. The van der Waals surface area contributed by atoms with Gasteiger partial charge in [0.2, 0.25) is 0 Å². The first-order chi connectivity index (χ1) is 13.3. The van der Waals surface area contributed by atoms with Crippen LogP contribution in [0.25, 0.3) is 10.9 Å². The van der Waals surface area contributed by atoms with E-state index in [0.29, 0.717) is 12.1 Å². The summed E-state index contributed by atoms with van der Waals surface area (Å²) >= 11 is 0. The molecule has 1 aromatic carbocycles. The first kappa shape index (κ1) is 17.5. The normalized spacial score (nSPS) is 16.5. The van der Waals surface area contributed by atoms with Crippen LogP contribution in [0.5, 0.6) is 0 Å². The van der Waals surface area contributed by atoms with E-state index in [1.165, 1.54) is 10.9 Å². The predicted molar refractivity (Wildman–Crippen MR) is 106 cm³/mol. The van der Waals surface area contributed by atoms with Gasteiger partial charge in [0.15, 0.2) is 0 Å². The number of carbonyl (C=O) groups excluding carboxylic acids is 1. The van der Waals surface area contributed by atoms with Crippen molar-refractivity contribution in [2.24, 2.45) is 0 Å². The lowest BCUT2D eigenvalue weighted by atomic mass is 10.1. The molecule has 3 heterocycles. The zero-order valence-electron chi connectivity index (χ0n) is 15.2. The molecule has 1 aliphatic rings. The number of H-pyrrole nitrogens is 1. The van der Waals surface area contributed by atoms with Crippen LogP contribution in [0.4, 0.5) is 5.82 Å². The van der Waals surface area contributed by atoms with Gasteiger partial charge < -0.3 is 20.4 Å². The number of hydrogen-bond acceptors (Lipinski definition) is 4. The quantitative estimate of drug-likeness (QED) is 0.602. The molecule has 0 saturated carbocycles. The standard InChI is InChI=1S/C21H24N4O2/c26-21(25-14-17-4-3-11-27-17)16-7-8-20(24-13-16)22-10-9-15-12-23-19-6-2-1-5-18(15)19/h1-2,5-8,12-13,17,23H,3-4,9-11,14H2,(H,22,24)(H,25,26). The van der Waals surface area contributed by atoms with E-state index in [-0.39, 0.29) is 12.0 Å². The summed E-state index contributed by atoms with van der Waals surface area (Å²) in [5.41, 5.74) is 3.00. The van der Waals surface area contributed by atoms with Crippen LogP contribution in [0.15, 0.2) is 48.8 Å². The maximum Gasteiger partial charge on any atom is 0.252 e. The van der Waals surface area contributed by atoms with Gasteiger partial charge in [-0.2, -0.15) is 0 Å². The number of rotatable bonds is 7. The molecule has 0 radical (unpaired) electrons. The summed E-state index contributed by atoms with van der Waals surface area (Å²) in [6, 6.07) is 11.9. The largest absolute Gasteiger partial charge is 0.376 e. The molecule has 0 aliphatic carbocycles. The number of anilines is 1. The fourth-order valence-corrected chi connectivity index (χ4v) is 3.41. The van der Waals surface area contributed by atoms with E-state index >= 15 is 0 Å². The Kier molecular flexibility index (Phi) is 5.34. The molecule has 4 rings (SSSR count). The van der Waals surface area contributed by atoms with Gasteiger partial charge in [-0.15, -0.1) is 0 Å². The Morgan fingerprint density at radius 2 is 2.19 bits per heavy atom. The number of ether oxygens (including phenoxy) is 1. The zero-order chi connectivity index (χ0) is 18.5. The lowest BCUT2D eigenvalue weighted by Crippen LogP contribution is -2.31.